The van der Waals surface area contributed by atoms with Crippen LogP contribution in [0, 0.1) is 0 Å². The van der Waals surface area contributed by atoms with Crippen LogP contribution in [0.25, 0.3) is 0 Å². The molecule has 1 atom stereocenters. The Bertz CT molecular complexity index is 593. The van der Waals surface area contributed by atoms with E-state index in [2.05, 4.69) is 0 Å². The average Bonchev–Trinajstić information content (AvgIpc) is 2.88. The van der Waals surface area contributed by atoms with Gasteiger partial charge < -0.3 is 9.84 Å². The van der Waals surface area contributed by atoms with Crippen molar-refractivity contribution in [3.05, 3.63) is 17.0 Å². The molecule has 2 heterocycles. The normalized spacial score (nSPS) is 20.5. The van der Waals surface area contributed by atoms with Gasteiger partial charge in [-0.25, -0.2) is 8.42 Å². The van der Waals surface area contributed by atoms with Gasteiger partial charge in [-0.3, -0.25) is 4.79 Å². The molecular formula is C13H19NO5S2. The minimum Gasteiger partial charge on any atom is -0.481 e. The first-order chi connectivity index (χ1) is 9.93. The van der Waals surface area contributed by atoms with Gasteiger partial charge in [0.05, 0.1) is 12.5 Å². The first-order valence-electron chi connectivity index (χ1n) is 6.85. The van der Waals surface area contributed by atoms with Crippen molar-refractivity contribution >= 4 is 27.3 Å². The topological polar surface area (TPSA) is 83.9 Å². The van der Waals surface area contributed by atoms with E-state index < -0.39 is 16.0 Å². The summed E-state index contributed by atoms with van der Waals surface area (Å²) in [5.41, 5.74) is 0. The van der Waals surface area contributed by atoms with Crippen LogP contribution in [0.4, 0.5) is 0 Å². The Morgan fingerprint density at radius 3 is 2.95 bits per heavy atom. The van der Waals surface area contributed by atoms with Crippen molar-refractivity contribution in [1.82, 2.24) is 4.31 Å². The molecule has 0 aliphatic carbocycles. The van der Waals surface area contributed by atoms with Crippen molar-refractivity contribution in [2.45, 2.75) is 36.5 Å². The van der Waals surface area contributed by atoms with Gasteiger partial charge in [-0.2, -0.15) is 4.31 Å². The van der Waals surface area contributed by atoms with Crippen molar-refractivity contribution in [2.75, 3.05) is 19.7 Å². The predicted octanol–water partition coefficient (Wildman–Crippen LogP) is 1.56. The molecule has 1 fully saturated rings. The Morgan fingerprint density at radius 2 is 2.29 bits per heavy atom. The SMILES string of the molecule is CCOC1CCCN(S(=O)(=O)c2ccc(CC(=O)O)s2)C1. The molecule has 1 N–H and O–H groups in total. The van der Waals surface area contributed by atoms with Crippen LogP contribution in [0.1, 0.15) is 24.6 Å². The van der Waals surface area contributed by atoms with E-state index in [0.717, 1.165) is 24.2 Å². The lowest BCUT2D eigenvalue weighted by molar-refractivity contribution is -0.136. The number of sulfonamides is 1. The molecule has 2 rings (SSSR count). The van der Waals surface area contributed by atoms with Crippen molar-refractivity contribution < 1.29 is 23.1 Å². The zero-order valence-electron chi connectivity index (χ0n) is 11.8. The van der Waals surface area contributed by atoms with Gasteiger partial charge in [-0.15, -0.1) is 11.3 Å². The Balaban J connectivity index is 2.13. The van der Waals surface area contributed by atoms with Gasteiger partial charge in [0.1, 0.15) is 4.21 Å². The second kappa shape index (κ2) is 6.87. The third-order valence-electron chi connectivity index (χ3n) is 3.30. The summed E-state index contributed by atoms with van der Waals surface area (Å²) in [6.07, 6.45) is 1.44. The zero-order chi connectivity index (χ0) is 15.5. The van der Waals surface area contributed by atoms with Crippen LogP contribution in [0.3, 0.4) is 0 Å². The summed E-state index contributed by atoms with van der Waals surface area (Å²) in [5, 5.41) is 8.75. The lowest BCUT2D eigenvalue weighted by atomic mass is 10.1. The number of carboxylic acid groups (broad SMARTS) is 1. The summed E-state index contributed by atoms with van der Waals surface area (Å²) in [6, 6.07) is 3.05. The quantitative estimate of drug-likeness (QED) is 0.854. The second-order valence-corrected chi connectivity index (χ2v) is 8.21. The third-order valence-corrected chi connectivity index (χ3v) is 6.72. The van der Waals surface area contributed by atoms with Crippen LogP contribution < -0.4 is 0 Å². The number of piperidine rings is 1. The summed E-state index contributed by atoms with van der Waals surface area (Å²) in [4.78, 5) is 11.2. The van der Waals surface area contributed by atoms with Gasteiger partial charge in [-0.1, -0.05) is 0 Å². The first kappa shape index (κ1) is 16.4. The van der Waals surface area contributed by atoms with Crippen LogP contribution in [0.2, 0.25) is 0 Å². The highest BCUT2D eigenvalue weighted by atomic mass is 32.2. The maximum Gasteiger partial charge on any atom is 0.308 e. The molecule has 8 heteroatoms. The van der Waals surface area contributed by atoms with Crippen molar-refractivity contribution in [3.63, 3.8) is 0 Å². The molecule has 21 heavy (non-hydrogen) atoms. The van der Waals surface area contributed by atoms with E-state index in [9.17, 15) is 13.2 Å². The third kappa shape index (κ3) is 4.03. The first-order valence-corrected chi connectivity index (χ1v) is 9.11. The van der Waals surface area contributed by atoms with E-state index in [1.54, 1.807) is 6.07 Å². The lowest BCUT2D eigenvalue weighted by Crippen LogP contribution is -2.42. The minimum absolute atomic E-state index is 0.0584. The van der Waals surface area contributed by atoms with Crippen molar-refractivity contribution in [3.8, 4) is 0 Å². The fourth-order valence-electron chi connectivity index (χ4n) is 2.36. The molecule has 0 amide bonds. The van der Waals surface area contributed by atoms with Crippen LogP contribution in [0.15, 0.2) is 16.3 Å². The van der Waals surface area contributed by atoms with Gasteiger partial charge in [0.2, 0.25) is 0 Å². The summed E-state index contributed by atoms with van der Waals surface area (Å²) >= 11 is 1.03. The standard InChI is InChI=1S/C13H19NO5S2/c1-2-19-10-4-3-7-14(9-10)21(17,18)13-6-5-11(20-13)8-12(15)16/h5-6,10H,2-4,7-9H2,1H3,(H,15,16). The van der Waals surface area contributed by atoms with Crippen LogP contribution >= 0.6 is 11.3 Å². The number of thiophene rings is 1. The van der Waals surface area contributed by atoms with Crippen LogP contribution in [-0.4, -0.2) is 49.6 Å². The van der Waals surface area contributed by atoms with Crippen LogP contribution in [-0.2, 0) is 26.0 Å². The Morgan fingerprint density at radius 1 is 1.52 bits per heavy atom. The predicted molar refractivity (Wildman–Crippen MR) is 79.1 cm³/mol. The highest BCUT2D eigenvalue weighted by molar-refractivity contribution is 7.91. The van der Waals surface area contributed by atoms with E-state index in [1.807, 2.05) is 6.92 Å². The summed E-state index contributed by atoms with van der Waals surface area (Å²) in [7, 11) is -3.55. The molecule has 118 valence electrons. The van der Waals surface area contributed by atoms with E-state index in [1.165, 1.54) is 10.4 Å². The molecule has 1 aromatic heterocycles. The molecule has 0 aromatic carbocycles. The number of carboxylic acids is 1. The molecule has 1 aliphatic heterocycles. The number of rotatable bonds is 6. The highest BCUT2D eigenvalue weighted by Gasteiger charge is 2.31. The van der Waals surface area contributed by atoms with Crippen molar-refractivity contribution in [2.24, 2.45) is 0 Å². The van der Waals surface area contributed by atoms with Gasteiger partial charge in [0.25, 0.3) is 10.0 Å². The Hall–Kier alpha value is -0.960. The minimum atomic E-state index is -3.55. The maximum absolute atomic E-state index is 12.6. The van der Waals surface area contributed by atoms with E-state index in [0.29, 0.717) is 24.6 Å². The molecule has 6 nitrogen and oxygen atoms in total. The number of carbonyl (C=O) groups is 1. The zero-order valence-corrected chi connectivity index (χ0v) is 13.5. The second-order valence-electron chi connectivity index (χ2n) is 4.87. The van der Waals surface area contributed by atoms with Crippen LogP contribution in [0.5, 0.6) is 0 Å². The van der Waals surface area contributed by atoms with E-state index in [4.69, 9.17) is 9.84 Å². The smallest absolute Gasteiger partial charge is 0.308 e. The number of ether oxygens (including phenoxy) is 1. The molecule has 1 aliphatic rings. The summed E-state index contributed by atoms with van der Waals surface area (Å²) in [6.45, 7) is 3.31. The molecule has 0 saturated carbocycles. The Kier molecular flexibility index (Phi) is 5.37. The molecule has 1 saturated heterocycles. The van der Waals surface area contributed by atoms with Gasteiger partial charge >= 0.3 is 5.97 Å². The summed E-state index contributed by atoms with van der Waals surface area (Å²) in [5.74, 6) is -0.963. The fourth-order valence-corrected chi connectivity index (χ4v) is 5.37. The number of nitrogens with zero attached hydrogens (tertiary/aromatic N) is 1. The average molecular weight is 333 g/mol. The fraction of sp³-hybridized carbons (Fsp3) is 0.615. The summed E-state index contributed by atoms with van der Waals surface area (Å²) < 4.78 is 32.3. The molecule has 0 spiro atoms. The largest absolute Gasteiger partial charge is 0.481 e. The monoisotopic (exact) mass is 333 g/mol. The van der Waals surface area contributed by atoms with Gasteiger partial charge in [0, 0.05) is 24.6 Å². The number of hydrogen-bond donors (Lipinski definition) is 1. The van der Waals surface area contributed by atoms with Crippen molar-refractivity contribution in [1.29, 1.82) is 0 Å². The maximum atomic E-state index is 12.6. The molecule has 1 aromatic rings. The van der Waals surface area contributed by atoms with E-state index >= 15 is 0 Å². The molecule has 0 radical (unpaired) electrons. The molecule has 0 bridgehead atoms. The number of aliphatic carboxylic acids is 1. The highest BCUT2D eigenvalue weighted by Crippen LogP contribution is 2.28. The lowest BCUT2D eigenvalue weighted by Gasteiger charge is -2.31. The van der Waals surface area contributed by atoms with Gasteiger partial charge in [0.15, 0.2) is 0 Å². The number of hydrogen-bond acceptors (Lipinski definition) is 5. The molecular weight excluding hydrogens is 314 g/mol. The van der Waals surface area contributed by atoms with Gasteiger partial charge in [-0.05, 0) is 31.9 Å². The van der Waals surface area contributed by atoms with E-state index in [-0.39, 0.29) is 16.7 Å². The Labute approximate surface area is 128 Å². The molecule has 1 unspecified atom stereocenters.